The van der Waals surface area contributed by atoms with Crippen LogP contribution in [0.4, 0.5) is 4.79 Å². The van der Waals surface area contributed by atoms with Crippen molar-refractivity contribution in [3.63, 3.8) is 0 Å². The third kappa shape index (κ3) is 3.40. The highest BCUT2D eigenvalue weighted by Gasteiger charge is 2.48. The molecular weight excluding hydrogens is 356 g/mol. The molecule has 9 heteroatoms. The Morgan fingerprint density at radius 1 is 0.889 bits per heavy atom. The van der Waals surface area contributed by atoms with Gasteiger partial charge < -0.3 is 9.47 Å². The van der Waals surface area contributed by atoms with E-state index in [1.165, 1.54) is 12.1 Å². The summed E-state index contributed by atoms with van der Waals surface area (Å²) in [7, 11) is 0. The van der Waals surface area contributed by atoms with E-state index in [-0.39, 0.29) is 24.0 Å². The number of likely N-dealkylation sites (tertiary alicyclic amines) is 1. The SMILES string of the molecule is CC(C)OC(=O)OC(N1C(=O)CCCC1=O)N1C(=O)c2ccccc2C1=O. The number of carbonyl (C=O) groups excluding carboxylic acids is 5. The zero-order valence-corrected chi connectivity index (χ0v) is 14.8. The Labute approximate surface area is 154 Å². The van der Waals surface area contributed by atoms with Crippen LogP contribution in [0.3, 0.4) is 0 Å². The monoisotopic (exact) mass is 374 g/mol. The Hall–Kier alpha value is -3.23. The Morgan fingerprint density at radius 2 is 1.41 bits per heavy atom. The van der Waals surface area contributed by atoms with Gasteiger partial charge in [0.25, 0.3) is 18.2 Å². The van der Waals surface area contributed by atoms with Gasteiger partial charge in [-0.25, -0.2) is 14.6 Å². The topological polar surface area (TPSA) is 110 Å². The van der Waals surface area contributed by atoms with Gasteiger partial charge in [-0.15, -0.1) is 0 Å². The number of nitrogens with zero attached hydrogens (tertiary/aromatic N) is 2. The minimum atomic E-state index is -1.83. The Kier molecular flexibility index (Phi) is 4.93. The van der Waals surface area contributed by atoms with Gasteiger partial charge in [0.1, 0.15) is 0 Å². The summed E-state index contributed by atoms with van der Waals surface area (Å²) in [6.45, 7) is 3.16. The molecule has 0 radical (unpaired) electrons. The van der Waals surface area contributed by atoms with Crippen LogP contribution in [0.5, 0.6) is 0 Å². The molecule has 2 heterocycles. The molecule has 0 spiro atoms. The largest absolute Gasteiger partial charge is 0.511 e. The molecule has 1 atom stereocenters. The number of benzene rings is 1. The average Bonchev–Trinajstić information content (AvgIpc) is 2.84. The zero-order valence-electron chi connectivity index (χ0n) is 14.8. The highest BCUT2D eigenvalue weighted by Crippen LogP contribution is 2.28. The number of hydrogen-bond acceptors (Lipinski definition) is 7. The number of rotatable bonds is 4. The molecule has 0 bridgehead atoms. The minimum absolute atomic E-state index is 0.0357. The quantitative estimate of drug-likeness (QED) is 0.582. The molecule has 2 aliphatic heterocycles. The van der Waals surface area contributed by atoms with E-state index in [0.717, 1.165) is 0 Å². The Bertz CT molecular complexity index is 782. The highest BCUT2D eigenvalue weighted by molar-refractivity contribution is 6.21. The molecule has 4 amide bonds. The number of imide groups is 2. The summed E-state index contributed by atoms with van der Waals surface area (Å²) in [5.41, 5.74) is 0.204. The molecule has 1 aromatic carbocycles. The van der Waals surface area contributed by atoms with Gasteiger partial charge in [-0.3, -0.25) is 19.2 Å². The average molecular weight is 374 g/mol. The van der Waals surface area contributed by atoms with Gasteiger partial charge in [-0.2, -0.15) is 0 Å². The summed E-state index contributed by atoms with van der Waals surface area (Å²) in [5, 5.41) is 0. The maximum absolute atomic E-state index is 12.7. The molecule has 2 aliphatic rings. The van der Waals surface area contributed by atoms with E-state index in [9.17, 15) is 24.0 Å². The molecule has 0 aliphatic carbocycles. The fraction of sp³-hybridized carbons (Fsp3) is 0.389. The van der Waals surface area contributed by atoms with E-state index in [2.05, 4.69) is 0 Å². The van der Waals surface area contributed by atoms with Gasteiger partial charge in [0.2, 0.25) is 11.8 Å². The number of hydrogen-bond donors (Lipinski definition) is 0. The van der Waals surface area contributed by atoms with Crippen molar-refractivity contribution in [2.75, 3.05) is 0 Å². The lowest BCUT2D eigenvalue weighted by Crippen LogP contribution is -2.58. The smallest absolute Gasteiger partial charge is 0.431 e. The van der Waals surface area contributed by atoms with Crippen LogP contribution in [0.1, 0.15) is 53.8 Å². The lowest BCUT2D eigenvalue weighted by Gasteiger charge is -2.35. The van der Waals surface area contributed by atoms with Gasteiger partial charge in [-0.05, 0) is 32.4 Å². The van der Waals surface area contributed by atoms with Crippen LogP contribution in [0, 0.1) is 0 Å². The molecule has 1 aromatic rings. The first-order chi connectivity index (χ1) is 12.8. The van der Waals surface area contributed by atoms with Crippen LogP contribution < -0.4 is 0 Å². The van der Waals surface area contributed by atoms with E-state index in [1.54, 1.807) is 26.0 Å². The number of piperidine rings is 1. The van der Waals surface area contributed by atoms with Crippen molar-refractivity contribution in [3.8, 4) is 0 Å². The van der Waals surface area contributed by atoms with E-state index >= 15 is 0 Å². The van der Waals surface area contributed by atoms with Crippen molar-refractivity contribution in [1.29, 1.82) is 0 Å². The van der Waals surface area contributed by atoms with Gasteiger partial charge in [0.15, 0.2) is 0 Å². The fourth-order valence-corrected chi connectivity index (χ4v) is 2.95. The molecule has 1 saturated heterocycles. The first kappa shape index (κ1) is 18.6. The van der Waals surface area contributed by atoms with E-state index in [4.69, 9.17) is 9.47 Å². The molecule has 0 N–H and O–H groups in total. The van der Waals surface area contributed by atoms with Gasteiger partial charge in [-0.1, -0.05) is 12.1 Å². The normalized spacial score (nSPS) is 18.0. The summed E-state index contributed by atoms with van der Waals surface area (Å²) < 4.78 is 9.99. The first-order valence-electron chi connectivity index (χ1n) is 8.50. The number of amides is 4. The van der Waals surface area contributed by atoms with Crippen LogP contribution in [0.15, 0.2) is 24.3 Å². The van der Waals surface area contributed by atoms with E-state index < -0.39 is 42.2 Å². The maximum Gasteiger partial charge on any atom is 0.511 e. The molecule has 0 aromatic heterocycles. The fourth-order valence-electron chi connectivity index (χ4n) is 2.95. The van der Waals surface area contributed by atoms with Crippen LogP contribution >= 0.6 is 0 Å². The molecule has 142 valence electrons. The third-order valence-corrected chi connectivity index (χ3v) is 4.12. The van der Waals surface area contributed by atoms with Gasteiger partial charge in [0, 0.05) is 12.8 Å². The number of ether oxygens (including phenoxy) is 2. The van der Waals surface area contributed by atoms with E-state index in [0.29, 0.717) is 16.2 Å². The molecule has 1 fully saturated rings. The summed E-state index contributed by atoms with van der Waals surface area (Å²) >= 11 is 0. The lowest BCUT2D eigenvalue weighted by molar-refractivity contribution is -0.170. The highest BCUT2D eigenvalue weighted by atomic mass is 16.7. The van der Waals surface area contributed by atoms with Crippen molar-refractivity contribution < 1.29 is 33.4 Å². The third-order valence-electron chi connectivity index (χ3n) is 4.12. The second-order valence-corrected chi connectivity index (χ2v) is 6.40. The minimum Gasteiger partial charge on any atom is -0.431 e. The van der Waals surface area contributed by atoms with Crippen LogP contribution in [0.25, 0.3) is 0 Å². The maximum atomic E-state index is 12.7. The van der Waals surface area contributed by atoms with Gasteiger partial charge >= 0.3 is 6.16 Å². The second-order valence-electron chi connectivity index (χ2n) is 6.40. The number of fused-ring (bicyclic) bond motifs is 1. The van der Waals surface area contributed by atoms with Crippen LogP contribution in [-0.2, 0) is 19.1 Å². The van der Waals surface area contributed by atoms with Crippen LogP contribution in [0.2, 0.25) is 0 Å². The predicted molar refractivity (Wildman–Crippen MR) is 89.1 cm³/mol. The predicted octanol–water partition coefficient (Wildman–Crippen LogP) is 1.67. The van der Waals surface area contributed by atoms with Crippen molar-refractivity contribution in [2.24, 2.45) is 0 Å². The summed E-state index contributed by atoms with van der Waals surface area (Å²) in [4.78, 5) is 63.4. The molecule has 1 unspecified atom stereocenters. The van der Waals surface area contributed by atoms with Crippen molar-refractivity contribution in [1.82, 2.24) is 9.80 Å². The van der Waals surface area contributed by atoms with Crippen molar-refractivity contribution in [2.45, 2.75) is 45.6 Å². The van der Waals surface area contributed by atoms with Crippen LogP contribution in [-0.4, -0.2) is 52.0 Å². The first-order valence-corrected chi connectivity index (χ1v) is 8.50. The molecule has 27 heavy (non-hydrogen) atoms. The Morgan fingerprint density at radius 3 is 1.89 bits per heavy atom. The van der Waals surface area contributed by atoms with E-state index in [1.807, 2.05) is 0 Å². The van der Waals surface area contributed by atoms with Crippen molar-refractivity contribution >= 4 is 29.8 Å². The lowest BCUT2D eigenvalue weighted by atomic mass is 10.1. The summed E-state index contributed by atoms with van der Waals surface area (Å²) in [5.74, 6) is -2.79. The standard InChI is InChI=1S/C18H18N2O7/c1-10(2)26-18(25)27-17(19-13(21)8-5-9-14(19)22)20-15(23)11-6-3-4-7-12(11)16(20)24/h3-4,6-7,10,17H,5,8-9H2,1-2H3. The summed E-state index contributed by atoms with van der Waals surface area (Å²) in [6, 6.07) is 6.04. The van der Waals surface area contributed by atoms with Gasteiger partial charge in [0.05, 0.1) is 17.2 Å². The molecule has 9 nitrogen and oxygen atoms in total. The molecular formula is C18H18N2O7. The summed E-state index contributed by atoms with van der Waals surface area (Å²) in [6.07, 6.45) is -3.14. The zero-order chi connectivity index (χ0) is 19.7. The molecule has 3 rings (SSSR count). The number of carbonyl (C=O) groups is 5. The van der Waals surface area contributed by atoms with Crippen molar-refractivity contribution in [3.05, 3.63) is 35.4 Å². The second kappa shape index (κ2) is 7.18. The molecule has 0 saturated carbocycles. The Balaban J connectivity index is 1.98.